The van der Waals surface area contributed by atoms with Gasteiger partial charge in [0, 0.05) is 56.4 Å². The third-order valence-corrected chi connectivity index (χ3v) is 6.83. The highest BCUT2D eigenvalue weighted by atomic mass is 16.2. The van der Waals surface area contributed by atoms with E-state index in [9.17, 15) is 9.59 Å². The van der Waals surface area contributed by atoms with Crippen molar-refractivity contribution in [1.29, 1.82) is 0 Å². The van der Waals surface area contributed by atoms with Crippen LogP contribution in [-0.2, 0) is 11.3 Å². The lowest BCUT2D eigenvalue weighted by Gasteiger charge is -2.39. The number of pyridine rings is 1. The predicted octanol–water partition coefficient (Wildman–Crippen LogP) is 3.77. The van der Waals surface area contributed by atoms with Crippen LogP contribution < -0.4 is 10.9 Å². The maximum atomic E-state index is 12.2. The summed E-state index contributed by atoms with van der Waals surface area (Å²) in [4.78, 5) is 37.4. The molecule has 1 amide bonds. The quantitative estimate of drug-likeness (QED) is 0.501. The topological polar surface area (TPSA) is 83.4 Å². The Morgan fingerprint density at radius 1 is 1.09 bits per heavy atom. The zero-order chi connectivity index (χ0) is 24.9. The van der Waals surface area contributed by atoms with Gasteiger partial charge in [0.1, 0.15) is 5.65 Å². The molecule has 3 heterocycles. The van der Waals surface area contributed by atoms with Gasteiger partial charge in [0.2, 0.25) is 11.9 Å². The molecule has 184 valence electrons. The standard InChI is InChI=1S/C27H34N6O2/c1-5-23(31-14-16-32(17-15-31)24(34)6-2)21-10-8-20(9-11-21)19(4)29-27-28-18-22-12-13-25(35)33(7-3)26(22)30-27/h6,8-13,18-19,23H,2,5,7,14-17H2,1,3-4H3,(H,28,29,30). The van der Waals surface area contributed by atoms with Crippen molar-refractivity contribution in [2.45, 2.75) is 45.8 Å². The number of carbonyl (C=O) groups excluding carboxylic acids is 1. The minimum Gasteiger partial charge on any atom is -0.348 e. The van der Waals surface area contributed by atoms with Gasteiger partial charge in [0.25, 0.3) is 5.56 Å². The van der Waals surface area contributed by atoms with E-state index in [1.54, 1.807) is 22.9 Å². The van der Waals surface area contributed by atoms with E-state index < -0.39 is 0 Å². The Kier molecular flexibility index (Phi) is 7.60. The molecule has 0 saturated carbocycles. The molecule has 8 nitrogen and oxygen atoms in total. The molecule has 1 saturated heterocycles. The molecule has 1 N–H and O–H groups in total. The number of carbonyl (C=O) groups is 1. The average Bonchev–Trinajstić information content (AvgIpc) is 2.89. The summed E-state index contributed by atoms with van der Waals surface area (Å²) in [7, 11) is 0. The Labute approximate surface area is 206 Å². The second-order valence-electron chi connectivity index (χ2n) is 8.91. The third kappa shape index (κ3) is 5.27. The van der Waals surface area contributed by atoms with Crippen LogP contribution >= 0.6 is 0 Å². The Morgan fingerprint density at radius 3 is 2.40 bits per heavy atom. The molecule has 3 aromatic rings. The summed E-state index contributed by atoms with van der Waals surface area (Å²) in [5, 5.41) is 4.22. The van der Waals surface area contributed by atoms with E-state index in [2.05, 4.69) is 64.9 Å². The lowest BCUT2D eigenvalue weighted by Crippen LogP contribution is -2.49. The predicted molar refractivity (Wildman–Crippen MR) is 139 cm³/mol. The molecule has 1 aromatic carbocycles. The summed E-state index contributed by atoms with van der Waals surface area (Å²) in [5.41, 5.74) is 2.99. The van der Waals surface area contributed by atoms with Crippen LogP contribution in [0, 0.1) is 0 Å². The number of anilines is 1. The van der Waals surface area contributed by atoms with E-state index in [0.29, 0.717) is 24.2 Å². The van der Waals surface area contributed by atoms with E-state index in [1.165, 1.54) is 11.6 Å². The maximum Gasteiger partial charge on any atom is 0.252 e. The maximum absolute atomic E-state index is 12.2. The molecule has 8 heteroatoms. The van der Waals surface area contributed by atoms with Crippen molar-refractivity contribution in [3.8, 4) is 0 Å². The van der Waals surface area contributed by atoms with Crippen LogP contribution in [0.3, 0.4) is 0 Å². The summed E-state index contributed by atoms with van der Waals surface area (Å²) < 4.78 is 1.65. The van der Waals surface area contributed by atoms with Crippen LogP contribution in [0.2, 0.25) is 0 Å². The van der Waals surface area contributed by atoms with Gasteiger partial charge in [0.05, 0.1) is 6.04 Å². The molecule has 4 rings (SSSR count). The van der Waals surface area contributed by atoms with E-state index in [4.69, 9.17) is 0 Å². The molecule has 1 aliphatic heterocycles. The molecule has 0 bridgehead atoms. The highest BCUT2D eigenvalue weighted by molar-refractivity contribution is 5.87. The fraction of sp³-hybridized carbons (Fsp3) is 0.407. The number of rotatable bonds is 8. The molecule has 2 aromatic heterocycles. The van der Waals surface area contributed by atoms with Crippen LogP contribution in [0.25, 0.3) is 11.0 Å². The summed E-state index contributed by atoms with van der Waals surface area (Å²) in [5.74, 6) is 0.511. The smallest absolute Gasteiger partial charge is 0.252 e. The van der Waals surface area contributed by atoms with Gasteiger partial charge in [-0.25, -0.2) is 4.98 Å². The molecule has 0 radical (unpaired) electrons. The van der Waals surface area contributed by atoms with Crippen LogP contribution in [0.4, 0.5) is 5.95 Å². The molecular formula is C27H34N6O2. The molecular weight excluding hydrogens is 440 g/mol. The molecule has 2 atom stereocenters. The van der Waals surface area contributed by atoms with Crippen molar-refractivity contribution in [3.63, 3.8) is 0 Å². The van der Waals surface area contributed by atoms with Crippen LogP contribution in [0.5, 0.6) is 0 Å². The van der Waals surface area contributed by atoms with Crippen LogP contribution in [0.15, 0.2) is 60.0 Å². The number of aryl methyl sites for hydroxylation is 1. The largest absolute Gasteiger partial charge is 0.348 e. The van der Waals surface area contributed by atoms with E-state index in [-0.39, 0.29) is 17.5 Å². The zero-order valence-electron chi connectivity index (χ0n) is 20.8. The van der Waals surface area contributed by atoms with Crippen LogP contribution in [0.1, 0.15) is 50.4 Å². The van der Waals surface area contributed by atoms with Crippen molar-refractivity contribution >= 4 is 22.9 Å². The summed E-state index contributed by atoms with van der Waals surface area (Å²) >= 11 is 0. The number of nitrogens with zero attached hydrogens (tertiary/aromatic N) is 5. The van der Waals surface area contributed by atoms with Gasteiger partial charge in [-0.3, -0.25) is 19.1 Å². The number of hydrogen-bond acceptors (Lipinski definition) is 6. The molecule has 1 aliphatic rings. The van der Waals surface area contributed by atoms with Gasteiger partial charge < -0.3 is 10.2 Å². The van der Waals surface area contributed by atoms with Gasteiger partial charge in [-0.2, -0.15) is 4.98 Å². The van der Waals surface area contributed by atoms with Gasteiger partial charge in [-0.15, -0.1) is 0 Å². The third-order valence-electron chi connectivity index (χ3n) is 6.83. The van der Waals surface area contributed by atoms with E-state index >= 15 is 0 Å². The van der Waals surface area contributed by atoms with Crippen molar-refractivity contribution in [2.24, 2.45) is 0 Å². The van der Waals surface area contributed by atoms with Crippen molar-refractivity contribution in [3.05, 3.63) is 76.7 Å². The SMILES string of the molecule is C=CC(=O)N1CCN(C(CC)c2ccc(C(C)Nc3ncc4ccc(=O)n(CC)c4n3)cc2)CC1. The Bertz CT molecular complexity index is 1240. The van der Waals surface area contributed by atoms with Gasteiger partial charge >= 0.3 is 0 Å². The normalized spacial score (nSPS) is 16.1. The number of aromatic nitrogens is 3. The van der Waals surface area contributed by atoms with Gasteiger partial charge in [-0.05, 0) is 43.5 Å². The Hall–Kier alpha value is -3.52. The van der Waals surface area contributed by atoms with Crippen molar-refractivity contribution in [1.82, 2.24) is 24.3 Å². The van der Waals surface area contributed by atoms with Crippen LogP contribution in [-0.4, -0.2) is 56.4 Å². The summed E-state index contributed by atoms with van der Waals surface area (Å²) in [6, 6.07) is 12.3. The summed E-state index contributed by atoms with van der Waals surface area (Å²) in [6.45, 7) is 13.6. The minimum absolute atomic E-state index is 0.000507. The number of benzene rings is 1. The lowest BCUT2D eigenvalue weighted by atomic mass is 9.98. The number of fused-ring (bicyclic) bond motifs is 1. The first-order valence-corrected chi connectivity index (χ1v) is 12.3. The lowest BCUT2D eigenvalue weighted by molar-refractivity contribution is -0.128. The fourth-order valence-corrected chi connectivity index (χ4v) is 4.82. The molecule has 0 spiro atoms. The number of piperazine rings is 1. The second-order valence-corrected chi connectivity index (χ2v) is 8.91. The monoisotopic (exact) mass is 474 g/mol. The van der Waals surface area contributed by atoms with Crippen molar-refractivity contribution < 1.29 is 4.79 Å². The van der Waals surface area contributed by atoms with Gasteiger partial charge in [-0.1, -0.05) is 37.8 Å². The molecule has 0 aliphatic carbocycles. The van der Waals surface area contributed by atoms with E-state index in [1.807, 2.05) is 11.8 Å². The Morgan fingerprint density at radius 2 is 1.77 bits per heavy atom. The summed E-state index contributed by atoms with van der Waals surface area (Å²) in [6.07, 6.45) is 4.15. The molecule has 2 unspecified atom stereocenters. The number of hydrogen-bond donors (Lipinski definition) is 1. The Balaban J connectivity index is 1.45. The first kappa shape index (κ1) is 24.6. The average molecular weight is 475 g/mol. The zero-order valence-corrected chi connectivity index (χ0v) is 20.8. The van der Waals surface area contributed by atoms with Crippen molar-refractivity contribution in [2.75, 3.05) is 31.5 Å². The first-order valence-electron chi connectivity index (χ1n) is 12.3. The number of nitrogens with one attached hydrogen (secondary N) is 1. The highest BCUT2D eigenvalue weighted by Crippen LogP contribution is 2.27. The molecule has 35 heavy (non-hydrogen) atoms. The number of amides is 1. The second kappa shape index (κ2) is 10.8. The first-order chi connectivity index (χ1) is 16.9. The molecule has 1 fully saturated rings. The fourth-order valence-electron chi connectivity index (χ4n) is 4.82. The van der Waals surface area contributed by atoms with Gasteiger partial charge in [0.15, 0.2) is 0 Å². The van der Waals surface area contributed by atoms with E-state index in [0.717, 1.165) is 43.5 Å². The highest BCUT2D eigenvalue weighted by Gasteiger charge is 2.25. The minimum atomic E-state index is -0.0625.